The lowest BCUT2D eigenvalue weighted by atomic mass is 9.82. The van der Waals surface area contributed by atoms with E-state index in [1.165, 1.54) is 12.0 Å². The van der Waals surface area contributed by atoms with Crippen LogP contribution in [0.15, 0.2) is 24.5 Å². The summed E-state index contributed by atoms with van der Waals surface area (Å²) < 4.78 is 0. The van der Waals surface area contributed by atoms with Crippen LogP contribution in [-0.2, 0) is 6.42 Å². The number of piperidine rings is 1. The van der Waals surface area contributed by atoms with Crippen LogP contribution in [0.1, 0.15) is 31.2 Å². The number of nitrogens with zero attached hydrogens (tertiary/aromatic N) is 4. The zero-order valence-electron chi connectivity index (χ0n) is 12.4. The summed E-state index contributed by atoms with van der Waals surface area (Å²) in [5, 5.41) is 7.41. The van der Waals surface area contributed by atoms with E-state index in [4.69, 9.17) is 5.73 Å². The van der Waals surface area contributed by atoms with E-state index in [2.05, 4.69) is 32.0 Å². The molecule has 0 aliphatic carbocycles. The van der Waals surface area contributed by atoms with Gasteiger partial charge in [-0.05, 0) is 42.5 Å². The van der Waals surface area contributed by atoms with Gasteiger partial charge in [0.15, 0.2) is 0 Å². The Morgan fingerprint density at radius 3 is 2.95 bits per heavy atom. The zero-order chi connectivity index (χ0) is 14.7. The van der Waals surface area contributed by atoms with Crippen LogP contribution in [-0.4, -0.2) is 39.8 Å². The molecule has 3 N–H and O–H groups in total. The molecule has 1 unspecified atom stereocenters. The lowest BCUT2D eigenvalue weighted by Gasteiger charge is -2.39. The van der Waals surface area contributed by atoms with Crippen molar-refractivity contribution >= 4 is 5.95 Å². The summed E-state index contributed by atoms with van der Waals surface area (Å²) in [5.41, 5.74) is 7.25. The first kappa shape index (κ1) is 14.0. The molecule has 0 aromatic carbocycles. The molecule has 112 valence electrons. The molecule has 21 heavy (non-hydrogen) atoms. The minimum Gasteiger partial charge on any atom is -0.339 e. The van der Waals surface area contributed by atoms with Crippen molar-refractivity contribution in [2.75, 3.05) is 24.5 Å². The first-order valence-corrected chi connectivity index (χ1v) is 7.44. The fourth-order valence-electron chi connectivity index (χ4n) is 2.85. The van der Waals surface area contributed by atoms with Gasteiger partial charge >= 0.3 is 0 Å². The van der Waals surface area contributed by atoms with Gasteiger partial charge in [-0.2, -0.15) is 4.98 Å². The molecule has 1 fully saturated rings. The third-order valence-electron chi connectivity index (χ3n) is 4.20. The Hall–Kier alpha value is -1.95. The molecule has 2 aromatic rings. The number of nitrogens with two attached hydrogens (primary N) is 1. The van der Waals surface area contributed by atoms with Crippen LogP contribution < -0.4 is 10.6 Å². The van der Waals surface area contributed by atoms with E-state index in [-0.39, 0.29) is 5.41 Å². The second-order valence-corrected chi connectivity index (χ2v) is 6.15. The molecule has 0 spiro atoms. The molecule has 6 nitrogen and oxygen atoms in total. The molecule has 3 heterocycles. The van der Waals surface area contributed by atoms with Crippen molar-refractivity contribution < 1.29 is 0 Å². The zero-order valence-corrected chi connectivity index (χ0v) is 12.4. The van der Waals surface area contributed by atoms with Crippen LogP contribution in [0, 0.1) is 5.41 Å². The number of hydrogen-bond donors (Lipinski definition) is 2. The summed E-state index contributed by atoms with van der Waals surface area (Å²) in [6.07, 6.45) is 6.65. The van der Waals surface area contributed by atoms with Crippen LogP contribution >= 0.6 is 0 Å². The number of H-pyrrole nitrogens is 1. The van der Waals surface area contributed by atoms with Crippen LogP contribution in [0.2, 0.25) is 0 Å². The number of pyridine rings is 1. The van der Waals surface area contributed by atoms with Gasteiger partial charge in [-0.25, -0.2) is 0 Å². The van der Waals surface area contributed by atoms with Crippen molar-refractivity contribution in [2.45, 2.75) is 26.2 Å². The minimum atomic E-state index is 0.171. The lowest BCUT2D eigenvalue weighted by Crippen LogP contribution is -2.46. The smallest absolute Gasteiger partial charge is 0.244 e. The molecule has 6 heteroatoms. The normalized spacial score (nSPS) is 22.5. The fraction of sp³-hybridized carbons (Fsp3) is 0.533. The molecular formula is C15H22N6. The Kier molecular flexibility index (Phi) is 3.88. The Labute approximate surface area is 124 Å². The SMILES string of the molecule is CC1(CN)CCCN(c2n[nH]c(Cc3ccncc3)n2)C1. The first-order valence-electron chi connectivity index (χ1n) is 7.44. The van der Waals surface area contributed by atoms with Crippen LogP contribution in [0.25, 0.3) is 0 Å². The second kappa shape index (κ2) is 5.81. The quantitative estimate of drug-likeness (QED) is 0.886. The number of aromatic amines is 1. The highest BCUT2D eigenvalue weighted by atomic mass is 15.4. The van der Waals surface area contributed by atoms with Crippen molar-refractivity contribution in [1.82, 2.24) is 20.2 Å². The average molecular weight is 286 g/mol. The highest BCUT2D eigenvalue weighted by Crippen LogP contribution is 2.29. The van der Waals surface area contributed by atoms with E-state index >= 15 is 0 Å². The van der Waals surface area contributed by atoms with E-state index in [1.54, 1.807) is 12.4 Å². The molecule has 0 bridgehead atoms. The van der Waals surface area contributed by atoms with Gasteiger partial charge in [0.05, 0.1) is 0 Å². The maximum Gasteiger partial charge on any atom is 0.244 e. The van der Waals surface area contributed by atoms with Gasteiger partial charge in [-0.1, -0.05) is 6.92 Å². The fourth-order valence-corrected chi connectivity index (χ4v) is 2.85. The molecular weight excluding hydrogens is 264 g/mol. The molecule has 1 aliphatic rings. The summed E-state index contributed by atoms with van der Waals surface area (Å²) in [5.74, 6) is 1.68. The van der Waals surface area contributed by atoms with E-state index in [0.29, 0.717) is 6.54 Å². The number of anilines is 1. The Bertz CT molecular complexity index is 581. The number of rotatable bonds is 4. The Morgan fingerprint density at radius 2 is 2.19 bits per heavy atom. The summed E-state index contributed by atoms with van der Waals surface area (Å²) in [6.45, 7) is 4.87. The maximum absolute atomic E-state index is 5.90. The van der Waals surface area contributed by atoms with Gasteiger partial charge < -0.3 is 10.6 Å². The van der Waals surface area contributed by atoms with Gasteiger partial charge in [0.2, 0.25) is 5.95 Å². The van der Waals surface area contributed by atoms with Crippen molar-refractivity contribution in [3.8, 4) is 0 Å². The Balaban J connectivity index is 1.70. The predicted molar refractivity (Wildman–Crippen MR) is 82.0 cm³/mol. The van der Waals surface area contributed by atoms with Gasteiger partial charge in [-0.3, -0.25) is 10.1 Å². The summed E-state index contributed by atoms with van der Waals surface area (Å²) in [6, 6.07) is 3.99. The van der Waals surface area contributed by atoms with E-state index in [1.807, 2.05) is 12.1 Å². The monoisotopic (exact) mass is 286 g/mol. The second-order valence-electron chi connectivity index (χ2n) is 6.15. The first-order chi connectivity index (χ1) is 10.2. The third-order valence-corrected chi connectivity index (χ3v) is 4.20. The van der Waals surface area contributed by atoms with Crippen molar-refractivity contribution in [1.29, 1.82) is 0 Å². The molecule has 2 aromatic heterocycles. The molecule has 0 amide bonds. The summed E-state index contributed by atoms with van der Waals surface area (Å²) in [4.78, 5) is 10.9. The molecule has 3 rings (SSSR count). The minimum absolute atomic E-state index is 0.171. The van der Waals surface area contributed by atoms with Crippen LogP contribution in [0.3, 0.4) is 0 Å². The van der Waals surface area contributed by atoms with Crippen molar-refractivity contribution in [2.24, 2.45) is 11.1 Å². The maximum atomic E-state index is 5.90. The molecule has 0 saturated carbocycles. The summed E-state index contributed by atoms with van der Waals surface area (Å²) >= 11 is 0. The Morgan fingerprint density at radius 1 is 1.38 bits per heavy atom. The standard InChI is InChI=1S/C15H22N6/c1-15(10-16)5-2-8-21(11-15)14-18-13(19-20-14)9-12-3-6-17-7-4-12/h3-4,6-7H,2,5,8-11,16H2,1H3,(H,18,19,20). The average Bonchev–Trinajstić information content (AvgIpc) is 2.97. The van der Waals surface area contributed by atoms with E-state index in [0.717, 1.165) is 37.7 Å². The number of hydrogen-bond acceptors (Lipinski definition) is 5. The van der Waals surface area contributed by atoms with E-state index in [9.17, 15) is 0 Å². The molecule has 0 radical (unpaired) electrons. The van der Waals surface area contributed by atoms with Gasteiger partial charge in [-0.15, -0.1) is 5.10 Å². The molecule has 1 saturated heterocycles. The van der Waals surface area contributed by atoms with Crippen molar-refractivity contribution in [3.63, 3.8) is 0 Å². The lowest BCUT2D eigenvalue weighted by molar-refractivity contribution is 0.270. The third kappa shape index (κ3) is 3.21. The highest BCUT2D eigenvalue weighted by molar-refractivity contribution is 5.31. The molecule has 1 aliphatic heterocycles. The van der Waals surface area contributed by atoms with Crippen LogP contribution in [0.5, 0.6) is 0 Å². The van der Waals surface area contributed by atoms with Crippen molar-refractivity contribution in [3.05, 3.63) is 35.9 Å². The van der Waals surface area contributed by atoms with Gasteiger partial charge in [0.1, 0.15) is 5.82 Å². The predicted octanol–water partition coefficient (Wildman–Crippen LogP) is 1.36. The highest BCUT2D eigenvalue weighted by Gasteiger charge is 2.31. The van der Waals surface area contributed by atoms with Crippen LogP contribution in [0.4, 0.5) is 5.95 Å². The molecule has 1 atom stereocenters. The van der Waals surface area contributed by atoms with E-state index < -0.39 is 0 Å². The van der Waals surface area contributed by atoms with Gasteiger partial charge in [0.25, 0.3) is 0 Å². The van der Waals surface area contributed by atoms with Gasteiger partial charge in [0, 0.05) is 31.9 Å². The summed E-state index contributed by atoms with van der Waals surface area (Å²) in [7, 11) is 0. The largest absolute Gasteiger partial charge is 0.339 e. The topological polar surface area (TPSA) is 83.7 Å². The number of aromatic nitrogens is 4. The number of nitrogens with one attached hydrogen (secondary N) is 1.